The molecule has 0 saturated carbocycles. The highest BCUT2D eigenvalue weighted by Crippen LogP contribution is 2.36. The second kappa shape index (κ2) is 8.75. The van der Waals surface area contributed by atoms with Gasteiger partial charge in [-0.3, -0.25) is 25.2 Å². The average Bonchev–Trinajstić information content (AvgIpc) is 2.68. The maximum atomic E-state index is 12.9. The zero-order valence-corrected chi connectivity index (χ0v) is 15.7. The molecule has 0 radical (unpaired) electrons. The molecule has 3 rings (SSSR count). The van der Waals surface area contributed by atoms with E-state index in [1.54, 1.807) is 6.07 Å². The molecule has 3 N–H and O–H groups in total. The lowest BCUT2D eigenvalue weighted by molar-refractivity contribution is -0.133. The first kappa shape index (κ1) is 19.7. The summed E-state index contributed by atoms with van der Waals surface area (Å²) in [7, 11) is 0. The topological polar surface area (TPSA) is 96.5 Å². The van der Waals surface area contributed by atoms with Crippen LogP contribution in [0.4, 0.5) is 10.1 Å². The van der Waals surface area contributed by atoms with Crippen LogP contribution in [0, 0.1) is 5.82 Å². The Kier molecular flexibility index (Phi) is 6.15. The van der Waals surface area contributed by atoms with E-state index in [4.69, 9.17) is 4.74 Å². The van der Waals surface area contributed by atoms with Gasteiger partial charge in [0.1, 0.15) is 11.6 Å². The second-order valence-corrected chi connectivity index (χ2v) is 7.29. The minimum atomic E-state index is -0.912. The summed E-state index contributed by atoms with van der Waals surface area (Å²) in [4.78, 5) is 37.1. The van der Waals surface area contributed by atoms with Crippen LogP contribution < -0.4 is 20.9 Å². The summed E-state index contributed by atoms with van der Waals surface area (Å²) in [6, 6.07) is 12.5. The van der Waals surface area contributed by atoms with Gasteiger partial charge < -0.3 is 10.1 Å². The van der Waals surface area contributed by atoms with E-state index in [0.29, 0.717) is 11.4 Å². The van der Waals surface area contributed by atoms with Crippen LogP contribution in [0.3, 0.4) is 0 Å². The van der Waals surface area contributed by atoms with Crippen molar-refractivity contribution in [2.45, 2.75) is 29.6 Å². The van der Waals surface area contributed by atoms with E-state index >= 15 is 0 Å². The van der Waals surface area contributed by atoms with E-state index in [1.807, 2.05) is 18.2 Å². The van der Waals surface area contributed by atoms with E-state index in [-0.39, 0.29) is 12.3 Å². The van der Waals surface area contributed by atoms with E-state index in [0.717, 1.165) is 4.90 Å². The molecule has 1 aliphatic rings. The molecule has 1 heterocycles. The Morgan fingerprint density at radius 2 is 1.89 bits per heavy atom. The molecule has 1 aliphatic heterocycles. The molecule has 7 nitrogen and oxygen atoms in total. The van der Waals surface area contributed by atoms with E-state index in [9.17, 15) is 18.8 Å². The lowest BCUT2D eigenvalue weighted by atomic mass is 10.2. The molecule has 0 aromatic heterocycles. The van der Waals surface area contributed by atoms with E-state index < -0.39 is 29.0 Å². The summed E-state index contributed by atoms with van der Waals surface area (Å²) in [5.41, 5.74) is 5.25. The molecule has 0 spiro atoms. The maximum absolute atomic E-state index is 12.9. The largest absolute Gasteiger partial charge is 0.481 e. The van der Waals surface area contributed by atoms with Crippen LogP contribution >= 0.6 is 11.8 Å². The van der Waals surface area contributed by atoms with Crippen LogP contribution in [0.25, 0.3) is 0 Å². The number of benzene rings is 2. The van der Waals surface area contributed by atoms with Crippen LogP contribution in [0.2, 0.25) is 0 Å². The third-order valence-electron chi connectivity index (χ3n) is 3.90. The Morgan fingerprint density at radius 3 is 2.64 bits per heavy atom. The Hall–Kier alpha value is -3.07. The Morgan fingerprint density at radius 1 is 1.18 bits per heavy atom. The van der Waals surface area contributed by atoms with Crippen LogP contribution in [-0.4, -0.2) is 29.1 Å². The van der Waals surface area contributed by atoms with Gasteiger partial charge in [-0.05, 0) is 43.3 Å². The zero-order valence-electron chi connectivity index (χ0n) is 14.9. The second-order valence-electron chi connectivity index (χ2n) is 6.05. The molecular formula is C19H18FN3O4S. The van der Waals surface area contributed by atoms with Gasteiger partial charge in [0, 0.05) is 11.3 Å². The summed E-state index contributed by atoms with van der Waals surface area (Å²) in [6.07, 6.45) is -1.01. The number of rotatable bonds is 5. The molecule has 2 aromatic rings. The Balaban J connectivity index is 1.46. The number of ether oxygens (including phenoxy) is 1. The molecule has 2 aromatic carbocycles. The highest BCUT2D eigenvalue weighted by molar-refractivity contribution is 8.01. The first-order chi connectivity index (χ1) is 13.4. The summed E-state index contributed by atoms with van der Waals surface area (Å²) < 4.78 is 18.3. The quantitative estimate of drug-likeness (QED) is 0.666. The van der Waals surface area contributed by atoms with Crippen LogP contribution in [0.5, 0.6) is 5.75 Å². The average molecular weight is 403 g/mol. The summed E-state index contributed by atoms with van der Waals surface area (Å²) in [5, 5.41) is 2.16. The van der Waals surface area contributed by atoms with Gasteiger partial charge in [-0.2, -0.15) is 0 Å². The minimum Gasteiger partial charge on any atom is -0.481 e. The number of carbonyl (C=O) groups is 3. The van der Waals surface area contributed by atoms with Crippen molar-refractivity contribution in [2.24, 2.45) is 0 Å². The van der Waals surface area contributed by atoms with Gasteiger partial charge in [-0.1, -0.05) is 12.1 Å². The molecule has 0 aliphatic carbocycles. The van der Waals surface area contributed by atoms with Gasteiger partial charge in [0.25, 0.3) is 5.91 Å². The van der Waals surface area contributed by atoms with Crippen molar-refractivity contribution in [2.75, 3.05) is 5.32 Å². The van der Waals surface area contributed by atoms with Gasteiger partial charge in [-0.25, -0.2) is 4.39 Å². The van der Waals surface area contributed by atoms with Crippen molar-refractivity contribution in [1.82, 2.24) is 10.9 Å². The summed E-state index contributed by atoms with van der Waals surface area (Å²) >= 11 is 1.30. The molecule has 2 atom stereocenters. The SMILES string of the molecule is C[C@H](Oc1ccc(F)cc1)C(=O)NNC(=O)C[C@@H]1Sc2ccccc2NC1=O. The monoisotopic (exact) mass is 403 g/mol. The Labute approximate surface area is 165 Å². The first-order valence-electron chi connectivity index (χ1n) is 8.50. The van der Waals surface area contributed by atoms with Gasteiger partial charge in [-0.15, -0.1) is 11.8 Å². The first-order valence-corrected chi connectivity index (χ1v) is 9.38. The predicted octanol–water partition coefficient (Wildman–Crippen LogP) is 2.24. The van der Waals surface area contributed by atoms with Crippen molar-refractivity contribution in [1.29, 1.82) is 0 Å². The fourth-order valence-corrected chi connectivity index (χ4v) is 3.56. The van der Waals surface area contributed by atoms with E-state index in [1.165, 1.54) is 43.0 Å². The highest BCUT2D eigenvalue weighted by Gasteiger charge is 2.29. The number of anilines is 1. The molecule has 0 bridgehead atoms. The number of para-hydroxylation sites is 1. The number of hydrazine groups is 1. The molecule has 28 heavy (non-hydrogen) atoms. The minimum absolute atomic E-state index is 0.0989. The number of halogens is 1. The highest BCUT2D eigenvalue weighted by atomic mass is 32.2. The standard InChI is InChI=1S/C19H18FN3O4S/c1-11(27-13-8-6-12(20)7-9-13)18(25)23-22-17(24)10-16-19(26)21-14-4-2-3-5-15(14)28-16/h2-9,11,16H,10H2,1H3,(H,21,26)(H,22,24)(H,23,25)/t11-,16-/m0/s1. The van der Waals surface area contributed by atoms with Gasteiger partial charge in [0.2, 0.25) is 11.8 Å². The molecule has 146 valence electrons. The summed E-state index contributed by atoms with van der Waals surface area (Å²) in [6.45, 7) is 1.49. The molecule has 9 heteroatoms. The number of hydrogen-bond donors (Lipinski definition) is 3. The fraction of sp³-hybridized carbons (Fsp3) is 0.211. The van der Waals surface area contributed by atoms with Crippen LogP contribution in [0.1, 0.15) is 13.3 Å². The van der Waals surface area contributed by atoms with Crippen molar-refractivity contribution < 1.29 is 23.5 Å². The smallest absolute Gasteiger partial charge is 0.279 e. The third kappa shape index (κ3) is 5.01. The molecule has 0 saturated heterocycles. The normalized spacial score (nSPS) is 16.4. The number of thioether (sulfide) groups is 1. The van der Waals surface area contributed by atoms with Crippen molar-refractivity contribution in [3.8, 4) is 5.75 Å². The van der Waals surface area contributed by atoms with Crippen molar-refractivity contribution in [3.05, 3.63) is 54.3 Å². The molecular weight excluding hydrogens is 385 g/mol. The fourth-order valence-electron chi connectivity index (χ4n) is 2.45. The predicted molar refractivity (Wildman–Crippen MR) is 102 cm³/mol. The van der Waals surface area contributed by atoms with Crippen LogP contribution in [-0.2, 0) is 14.4 Å². The Bertz CT molecular complexity index is 891. The van der Waals surface area contributed by atoms with Crippen LogP contribution in [0.15, 0.2) is 53.4 Å². The number of carbonyl (C=O) groups excluding carboxylic acids is 3. The number of nitrogens with one attached hydrogen (secondary N) is 3. The van der Waals surface area contributed by atoms with Crippen molar-refractivity contribution >= 4 is 35.2 Å². The van der Waals surface area contributed by atoms with E-state index in [2.05, 4.69) is 16.2 Å². The lowest BCUT2D eigenvalue weighted by Crippen LogP contribution is -2.48. The van der Waals surface area contributed by atoms with Gasteiger partial charge >= 0.3 is 0 Å². The number of fused-ring (bicyclic) bond motifs is 1. The van der Waals surface area contributed by atoms with Gasteiger partial charge in [0.05, 0.1) is 10.9 Å². The number of hydrogen-bond acceptors (Lipinski definition) is 5. The van der Waals surface area contributed by atoms with Crippen molar-refractivity contribution in [3.63, 3.8) is 0 Å². The maximum Gasteiger partial charge on any atom is 0.279 e. The lowest BCUT2D eigenvalue weighted by Gasteiger charge is -2.23. The zero-order chi connectivity index (χ0) is 20.1. The third-order valence-corrected chi connectivity index (χ3v) is 5.17. The summed E-state index contributed by atoms with van der Waals surface area (Å²) in [5.74, 6) is -1.44. The van der Waals surface area contributed by atoms with Gasteiger partial charge in [0.15, 0.2) is 6.10 Å². The number of amides is 3. The molecule has 0 fully saturated rings. The molecule has 3 amide bonds. The molecule has 0 unspecified atom stereocenters.